The number of halogens is 5. The van der Waals surface area contributed by atoms with Gasteiger partial charge in [0.2, 0.25) is 6.43 Å². The molecule has 6 rings (SSSR count). The van der Waals surface area contributed by atoms with Gasteiger partial charge in [0, 0.05) is 56.1 Å². The second kappa shape index (κ2) is 10.6. The Morgan fingerprint density at radius 2 is 2.00 bits per heavy atom. The molecule has 1 N–H and O–H groups in total. The van der Waals surface area contributed by atoms with Crippen molar-refractivity contribution in [1.82, 2.24) is 29.2 Å². The molecule has 3 aromatic heterocycles. The number of nitrogens with one attached hydrogen (secondary N) is 1. The topological polar surface area (TPSA) is 81.0 Å². The van der Waals surface area contributed by atoms with Crippen LogP contribution in [-0.4, -0.2) is 61.9 Å². The summed E-state index contributed by atoms with van der Waals surface area (Å²) in [6, 6.07) is 8.21. The number of nitrogens with zero attached hydrogens (tertiary/aromatic N) is 5. The summed E-state index contributed by atoms with van der Waals surface area (Å²) in [4.78, 5) is 18.4. The number of benzene rings is 1. The summed E-state index contributed by atoms with van der Waals surface area (Å²) in [5.41, 5.74) is -0.918. The van der Waals surface area contributed by atoms with Crippen molar-refractivity contribution >= 4 is 10.9 Å². The van der Waals surface area contributed by atoms with Crippen LogP contribution in [0.1, 0.15) is 48.3 Å². The van der Waals surface area contributed by atoms with Gasteiger partial charge in [0.25, 0.3) is 5.56 Å². The number of alkyl halides is 5. The van der Waals surface area contributed by atoms with Crippen molar-refractivity contribution < 1.29 is 26.7 Å². The zero-order valence-corrected chi connectivity index (χ0v) is 23.2. The molecule has 13 heteroatoms. The minimum atomic E-state index is -4.74. The van der Waals surface area contributed by atoms with Gasteiger partial charge in [-0.15, -0.1) is 10.2 Å². The molecule has 0 amide bonds. The van der Waals surface area contributed by atoms with Crippen molar-refractivity contribution in [2.24, 2.45) is 13.0 Å². The molecule has 1 saturated carbocycles. The van der Waals surface area contributed by atoms with E-state index in [-0.39, 0.29) is 35.8 Å². The zero-order valence-electron chi connectivity index (χ0n) is 23.2. The van der Waals surface area contributed by atoms with Gasteiger partial charge >= 0.3 is 6.18 Å². The summed E-state index contributed by atoms with van der Waals surface area (Å²) in [7, 11) is 3.46. The molecule has 2 aliphatic rings. The number of aryl methyl sites for hydroxylation is 1. The van der Waals surface area contributed by atoms with Crippen LogP contribution in [-0.2, 0) is 29.9 Å². The van der Waals surface area contributed by atoms with Crippen LogP contribution in [0.2, 0.25) is 0 Å². The van der Waals surface area contributed by atoms with Crippen LogP contribution in [0.5, 0.6) is 0 Å². The smallest absolute Gasteiger partial charge is 0.381 e. The third-order valence-corrected chi connectivity index (χ3v) is 8.75. The number of ether oxygens (including phenoxy) is 1. The predicted molar refractivity (Wildman–Crippen MR) is 145 cm³/mol. The third kappa shape index (κ3) is 4.91. The molecule has 224 valence electrons. The number of aromatic nitrogens is 5. The highest BCUT2D eigenvalue weighted by Gasteiger charge is 2.50. The molecule has 4 heterocycles. The monoisotopic (exact) mass is 590 g/mol. The van der Waals surface area contributed by atoms with Crippen molar-refractivity contribution in [2.75, 3.05) is 20.2 Å². The van der Waals surface area contributed by atoms with Crippen LogP contribution in [0.25, 0.3) is 16.6 Å². The molecule has 2 fully saturated rings. The standard InChI is InChI=1S/C29H31F5N6O2/c1-38-16-35-37-27(38)28(11-21(12-28)42-2)18-6-3-7-20(9-18)40-15-23(29(32,33)34)22-10-19(36-24(22)26(40)41)14-39-8-4-5-17(13-39)25(30)31/h3,6-7,9-10,15-17,21,25,36H,4-5,8,11-14H2,1-2H3. The average Bonchev–Trinajstić information content (AvgIpc) is 3.55. The second-order valence-corrected chi connectivity index (χ2v) is 11.4. The Kier molecular flexibility index (Phi) is 7.20. The molecule has 1 aliphatic carbocycles. The predicted octanol–water partition coefficient (Wildman–Crippen LogP) is 5.04. The van der Waals surface area contributed by atoms with Gasteiger partial charge in [-0.1, -0.05) is 12.1 Å². The fourth-order valence-corrected chi connectivity index (χ4v) is 6.56. The Hall–Kier alpha value is -3.58. The van der Waals surface area contributed by atoms with E-state index < -0.39 is 35.1 Å². The number of aromatic amines is 1. The quantitative estimate of drug-likeness (QED) is 0.305. The molecule has 4 aromatic rings. The Labute approximate surface area is 238 Å². The first-order valence-electron chi connectivity index (χ1n) is 13.8. The molecule has 1 aromatic carbocycles. The summed E-state index contributed by atoms with van der Waals surface area (Å²) in [6.45, 7) is 0.845. The maximum Gasteiger partial charge on any atom is 0.418 e. The number of hydrogen-bond acceptors (Lipinski definition) is 5. The van der Waals surface area contributed by atoms with Gasteiger partial charge in [0.15, 0.2) is 0 Å². The average molecular weight is 591 g/mol. The van der Waals surface area contributed by atoms with Crippen LogP contribution >= 0.6 is 0 Å². The van der Waals surface area contributed by atoms with E-state index in [4.69, 9.17) is 4.74 Å². The van der Waals surface area contributed by atoms with Crippen molar-refractivity contribution in [3.63, 3.8) is 0 Å². The number of rotatable bonds is 7. The van der Waals surface area contributed by atoms with Gasteiger partial charge in [0.05, 0.1) is 17.1 Å². The van der Waals surface area contributed by atoms with Crippen molar-refractivity contribution in [1.29, 1.82) is 0 Å². The van der Waals surface area contributed by atoms with Gasteiger partial charge in [-0.2, -0.15) is 13.2 Å². The zero-order chi connectivity index (χ0) is 29.8. The number of piperidine rings is 1. The molecule has 0 radical (unpaired) electrons. The first-order chi connectivity index (χ1) is 20.0. The molecule has 8 nitrogen and oxygen atoms in total. The van der Waals surface area contributed by atoms with Crippen molar-refractivity contribution in [3.8, 4) is 5.69 Å². The van der Waals surface area contributed by atoms with Gasteiger partial charge < -0.3 is 14.3 Å². The number of fused-ring (bicyclic) bond motifs is 1. The van der Waals surface area contributed by atoms with Gasteiger partial charge in [-0.05, 0) is 56.0 Å². The molecule has 1 aliphatic heterocycles. The van der Waals surface area contributed by atoms with E-state index in [1.165, 1.54) is 6.07 Å². The highest BCUT2D eigenvalue weighted by Crippen LogP contribution is 2.49. The van der Waals surface area contributed by atoms with Crippen LogP contribution in [0.15, 0.2) is 47.7 Å². The number of hydrogen-bond donors (Lipinski definition) is 1. The lowest BCUT2D eigenvalue weighted by molar-refractivity contribution is -0.136. The maximum absolute atomic E-state index is 14.3. The fraction of sp³-hybridized carbons (Fsp3) is 0.483. The van der Waals surface area contributed by atoms with E-state index >= 15 is 0 Å². The van der Waals surface area contributed by atoms with Crippen molar-refractivity contribution in [2.45, 2.75) is 56.3 Å². The number of H-pyrrole nitrogens is 1. The molecule has 0 spiro atoms. The number of methoxy groups -OCH3 is 1. The van der Waals surface area contributed by atoms with E-state index in [1.807, 2.05) is 17.7 Å². The molecular weight excluding hydrogens is 559 g/mol. The Morgan fingerprint density at radius 1 is 1.21 bits per heavy atom. The highest BCUT2D eigenvalue weighted by atomic mass is 19.4. The fourth-order valence-electron chi connectivity index (χ4n) is 6.56. The summed E-state index contributed by atoms with van der Waals surface area (Å²) < 4.78 is 78.0. The van der Waals surface area contributed by atoms with Crippen LogP contribution < -0.4 is 5.56 Å². The summed E-state index contributed by atoms with van der Waals surface area (Å²) in [5.74, 6) is -0.0782. The second-order valence-electron chi connectivity index (χ2n) is 11.4. The van der Waals surface area contributed by atoms with E-state index in [1.54, 1.807) is 36.5 Å². The SMILES string of the molecule is COC1CC(c2cccc(-n3cc(C(F)(F)F)c4cc(CN5CCCC(C(F)F)C5)[nH]c4c3=O)c2)(c2nncn2C)C1. The van der Waals surface area contributed by atoms with Gasteiger partial charge in [-0.25, -0.2) is 8.78 Å². The lowest BCUT2D eigenvalue weighted by Crippen LogP contribution is -2.48. The van der Waals surface area contributed by atoms with Gasteiger partial charge in [-0.3, -0.25) is 14.3 Å². The minimum Gasteiger partial charge on any atom is -0.381 e. The Bertz CT molecular complexity index is 1650. The van der Waals surface area contributed by atoms with E-state index in [0.29, 0.717) is 43.7 Å². The largest absolute Gasteiger partial charge is 0.418 e. The third-order valence-electron chi connectivity index (χ3n) is 8.75. The van der Waals surface area contributed by atoms with E-state index in [0.717, 1.165) is 16.3 Å². The van der Waals surface area contributed by atoms with Crippen molar-refractivity contribution in [3.05, 3.63) is 75.9 Å². The lowest BCUT2D eigenvalue weighted by atomic mass is 9.62. The maximum atomic E-state index is 14.3. The van der Waals surface area contributed by atoms with Gasteiger partial charge in [0.1, 0.15) is 17.7 Å². The molecule has 1 unspecified atom stereocenters. The molecule has 42 heavy (non-hydrogen) atoms. The summed E-state index contributed by atoms with van der Waals surface area (Å²) in [6.07, 6.45) is -2.60. The van der Waals surface area contributed by atoms with E-state index in [9.17, 15) is 26.7 Å². The molecular formula is C29H31F5N6O2. The van der Waals surface area contributed by atoms with Crippen LogP contribution in [0, 0.1) is 5.92 Å². The summed E-state index contributed by atoms with van der Waals surface area (Å²) >= 11 is 0. The lowest BCUT2D eigenvalue weighted by Gasteiger charge is -2.46. The molecule has 1 saturated heterocycles. The Balaban J connectivity index is 1.41. The van der Waals surface area contributed by atoms with Crippen LogP contribution in [0.3, 0.4) is 0 Å². The first kappa shape index (κ1) is 28.5. The normalized spacial score (nSPS) is 23.5. The van der Waals surface area contributed by atoms with E-state index in [2.05, 4.69) is 15.2 Å². The van der Waals surface area contributed by atoms with Crippen LogP contribution in [0.4, 0.5) is 22.0 Å². The first-order valence-corrected chi connectivity index (χ1v) is 13.8. The summed E-state index contributed by atoms with van der Waals surface area (Å²) in [5, 5.41) is 8.09. The molecule has 0 bridgehead atoms. The Morgan fingerprint density at radius 3 is 2.67 bits per heavy atom. The molecule has 1 atom stereocenters. The number of pyridine rings is 1. The highest BCUT2D eigenvalue weighted by molar-refractivity contribution is 5.84. The number of likely N-dealkylation sites (tertiary alicyclic amines) is 1. The minimum absolute atomic E-state index is 0.0190.